The van der Waals surface area contributed by atoms with E-state index in [1.165, 1.54) is 11.1 Å². The fraction of sp³-hybridized carbons (Fsp3) is 0.590. The summed E-state index contributed by atoms with van der Waals surface area (Å²) in [7, 11) is 0. The van der Waals surface area contributed by atoms with Gasteiger partial charge in [-0.05, 0) is 44.4 Å². The zero-order chi connectivity index (χ0) is 35.4. The molecule has 5 rings (SSSR count). The van der Waals surface area contributed by atoms with Crippen LogP contribution in [-0.4, -0.2) is 94.6 Å². The molecule has 47 heavy (non-hydrogen) atoms. The molecule has 0 spiro atoms. The third-order valence-electron chi connectivity index (χ3n) is 8.74. The van der Waals surface area contributed by atoms with Crippen LogP contribution in [0.5, 0.6) is 0 Å². The normalized spacial score (nSPS) is 20.1. The minimum Gasteiger partial charge on any atom is -0.339 e. The third-order valence-corrected chi connectivity index (χ3v) is 8.74. The van der Waals surface area contributed by atoms with Gasteiger partial charge in [0.15, 0.2) is 0 Å². The van der Waals surface area contributed by atoms with E-state index in [0.29, 0.717) is 45.7 Å². The Labute approximate surface area is 284 Å². The molecule has 2 aliphatic heterocycles. The maximum absolute atomic E-state index is 12.8. The number of hydrogen-bond donors (Lipinski definition) is 0. The molecule has 2 heterocycles. The molecule has 2 saturated heterocycles. The minimum atomic E-state index is 0.0106. The van der Waals surface area contributed by atoms with Crippen LogP contribution in [0, 0.1) is 11.8 Å². The van der Waals surface area contributed by atoms with Crippen molar-refractivity contribution in [2.24, 2.45) is 11.8 Å². The van der Waals surface area contributed by atoms with Crippen molar-refractivity contribution in [2.75, 3.05) is 39.3 Å². The molecule has 2 atom stereocenters. The predicted octanol–water partition coefficient (Wildman–Crippen LogP) is 6.37. The number of carbonyl (C=O) groups is 4. The van der Waals surface area contributed by atoms with Crippen molar-refractivity contribution >= 4 is 29.7 Å². The van der Waals surface area contributed by atoms with Crippen LogP contribution < -0.4 is 0 Å². The highest BCUT2D eigenvalue weighted by atomic mass is 16.2. The van der Waals surface area contributed by atoms with Crippen LogP contribution in [0.25, 0.3) is 6.08 Å². The SMILES string of the molecule is CC.CC.CC(C)C(=O)N1CCN(C(=O)C2=Cc3ccccc3C2)C(C)C1.CC1=CC=C(C(=O)N2CCN(C(=O)C(C)C)CC2C)C1. The lowest BCUT2D eigenvalue weighted by Gasteiger charge is -2.40. The molecule has 0 bridgehead atoms. The average Bonchev–Trinajstić information content (AvgIpc) is 3.72. The number of hydrogen-bond acceptors (Lipinski definition) is 4. The van der Waals surface area contributed by atoms with Crippen molar-refractivity contribution in [1.29, 1.82) is 0 Å². The molecular weight excluding hydrogens is 588 g/mol. The fourth-order valence-electron chi connectivity index (χ4n) is 6.24. The predicted molar refractivity (Wildman–Crippen MR) is 192 cm³/mol. The van der Waals surface area contributed by atoms with Crippen molar-refractivity contribution < 1.29 is 19.2 Å². The summed E-state index contributed by atoms with van der Waals surface area (Å²) < 4.78 is 0. The monoisotopic (exact) mass is 648 g/mol. The highest BCUT2D eigenvalue weighted by molar-refractivity contribution is 6.00. The van der Waals surface area contributed by atoms with Crippen LogP contribution in [-0.2, 0) is 25.6 Å². The van der Waals surface area contributed by atoms with Crippen molar-refractivity contribution in [3.05, 3.63) is 64.3 Å². The largest absolute Gasteiger partial charge is 0.339 e. The molecule has 0 saturated carbocycles. The number of allylic oxidation sites excluding steroid dienone is 3. The molecule has 0 aromatic heterocycles. The Morgan fingerprint density at radius 2 is 1.13 bits per heavy atom. The first-order chi connectivity index (χ1) is 22.4. The molecule has 0 N–H and O–H groups in total. The summed E-state index contributed by atoms with van der Waals surface area (Å²) in [4.78, 5) is 57.1. The summed E-state index contributed by atoms with van der Waals surface area (Å²) in [5, 5.41) is 0. The Balaban J connectivity index is 0.000000298. The van der Waals surface area contributed by atoms with Crippen LogP contribution in [0.1, 0.15) is 93.7 Å². The second kappa shape index (κ2) is 18.6. The Hall–Kier alpha value is -3.68. The summed E-state index contributed by atoms with van der Waals surface area (Å²) in [6.07, 6.45) is 7.42. The number of fused-ring (bicyclic) bond motifs is 1. The zero-order valence-corrected chi connectivity index (χ0v) is 30.9. The number of nitrogens with zero attached hydrogens (tertiary/aromatic N) is 4. The lowest BCUT2D eigenvalue weighted by molar-refractivity contribution is -0.142. The molecule has 1 aromatic carbocycles. The number of benzene rings is 1. The molecule has 2 unspecified atom stereocenters. The van der Waals surface area contributed by atoms with E-state index in [-0.39, 0.29) is 47.5 Å². The quantitative estimate of drug-likeness (QED) is 0.380. The molecule has 8 nitrogen and oxygen atoms in total. The number of rotatable bonds is 4. The van der Waals surface area contributed by atoms with Gasteiger partial charge in [-0.2, -0.15) is 0 Å². The molecule has 4 amide bonds. The van der Waals surface area contributed by atoms with Gasteiger partial charge in [-0.25, -0.2) is 0 Å². The van der Waals surface area contributed by atoms with E-state index in [2.05, 4.69) is 12.1 Å². The first kappa shape index (κ1) is 39.5. The average molecular weight is 649 g/mol. The van der Waals surface area contributed by atoms with Gasteiger partial charge in [0.1, 0.15) is 0 Å². The standard InChI is InChI=1S/C19H24N2O2.C16H24N2O2.2C2H6/c1-13(2)18(22)20-8-9-21(14(3)12-20)19(23)17-10-15-6-4-5-7-16(15)11-17;1-11(2)15(19)17-7-8-18(13(4)10-17)16(20)14-6-5-12(3)9-14;2*1-2/h4-7,10,13-14H,8-9,11-12H2,1-3H3;5-6,11,13H,7-10H2,1-4H3;2*1-2H3. The summed E-state index contributed by atoms with van der Waals surface area (Å²) >= 11 is 0. The van der Waals surface area contributed by atoms with E-state index in [9.17, 15) is 19.2 Å². The highest BCUT2D eigenvalue weighted by Gasteiger charge is 2.34. The minimum absolute atomic E-state index is 0.0106. The molecule has 0 radical (unpaired) electrons. The number of carbonyl (C=O) groups excluding carboxylic acids is 4. The van der Waals surface area contributed by atoms with Gasteiger partial charge in [0.25, 0.3) is 5.91 Å². The first-order valence-electron chi connectivity index (χ1n) is 17.7. The molecule has 1 aromatic rings. The zero-order valence-electron chi connectivity index (χ0n) is 30.9. The number of amides is 4. The maximum atomic E-state index is 12.8. The van der Waals surface area contributed by atoms with Gasteiger partial charge < -0.3 is 19.6 Å². The number of piperazine rings is 2. The summed E-state index contributed by atoms with van der Waals surface area (Å²) in [5.41, 5.74) is 5.34. The second-order valence-electron chi connectivity index (χ2n) is 13.0. The Morgan fingerprint density at radius 3 is 1.53 bits per heavy atom. The summed E-state index contributed by atoms with van der Waals surface area (Å²) in [6, 6.07) is 8.29. The lowest BCUT2D eigenvalue weighted by Crippen LogP contribution is -2.56. The Kier molecular flexibility index (Phi) is 15.6. The summed E-state index contributed by atoms with van der Waals surface area (Å²) in [6.45, 7) is 25.6. The van der Waals surface area contributed by atoms with Crippen molar-refractivity contribution in [2.45, 2.75) is 101 Å². The molecule has 2 fully saturated rings. The van der Waals surface area contributed by atoms with Crippen molar-refractivity contribution in [3.8, 4) is 0 Å². The molecule has 4 aliphatic rings. The van der Waals surface area contributed by atoms with Crippen LogP contribution in [0.4, 0.5) is 0 Å². The van der Waals surface area contributed by atoms with E-state index >= 15 is 0 Å². The van der Waals surface area contributed by atoms with Gasteiger partial charge in [-0.1, -0.05) is 97.4 Å². The van der Waals surface area contributed by atoms with Gasteiger partial charge in [0.2, 0.25) is 17.7 Å². The van der Waals surface area contributed by atoms with E-state index in [1.807, 2.05) is 126 Å². The van der Waals surface area contributed by atoms with E-state index in [4.69, 9.17) is 0 Å². The van der Waals surface area contributed by atoms with E-state index < -0.39 is 0 Å². The maximum Gasteiger partial charge on any atom is 0.250 e. The lowest BCUT2D eigenvalue weighted by atomic mass is 10.1. The highest BCUT2D eigenvalue weighted by Crippen LogP contribution is 2.27. The molecule has 260 valence electrons. The van der Waals surface area contributed by atoms with Crippen molar-refractivity contribution in [3.63, 3.8) is 0 Å². The van der Waals surface area contributed by atoms with Crippen LogP contribution in [0.15, 0.2) is 53.1 Å². The Bertz CT molecular complexity index is 1340. The van der Waals surface area contributed by atoms with Gasteiger partial charge in [0.05, 0.1) is 0 Å². The second-order valence-corrected chi connectivity index (χ2v) is 13.0. The van der Waals surface area contributed by atoms with Crippen molar-refractivity contribution in [1.82, 2.24) is 19.6 Å². The van der Waals surface area contributed by atoms with Gasteiger partial charge in [0, 0.05) is 80.8 Å². The van der Waals surface area contributed by atoms with E-state index in [0.717, 1.165) is 23.1 Å². The Morgan fingerprint density at radius 1 is 0.660 bits per heavy atom. The summed E-state index contributed by atoms with van der Waals surface area (Å²) in [5.74, 6) is 0.635. The first-order valence-corrected chi connectivity index (χ1v) is 17.7. The van der Waals surface area contributed by atoms with Crippen LogP contribution in [0.3, 0.4) is 0 Å². The van der Waals surface area contributed by atoms with Crippen LogP contribution >= 0.6 is 0 Å². The van der Waals surface area contributed by atoms with Crippen LogP contribution in [0.2, 0.25) is 0 Å². The van der Waals surface area contributed by atoms with Gasteiger partial charge in [-0.15, -0.1) is 0 Å². The molecule has 8 heteroatoms. The third kappa shape index (κ3) is 10.2. The molecule has 2 aliphatic carbocycles. The molecular formula is C39H60N4O4. The van der Waals surface area contributed by atoms with E-state index in [1.54, 1.807) is 0 Å². The van der Waals surface area contributed by atoms with Gasteiger partial charge in [-0.3, -0.25) is 19.2 Å². The van der Waals surface area contributed by atoms with Gasteiger partial charge >= 0.3 is 0 Å². The fourth-order valence-corrected chi connectivity index (χ4v) is 6.24. The topological polar surface area (TPSA) is 81.2 Å². The smallest absolute Gasteiger partial charge is 0.250 e.